The lowest BCUT2D eigenvalue weighted by atomic mass is 9.33. The zero-order chi connectivity index (χ0) is 98.9. The number of aromatic nitrogens is 4. The van der Waals surface area contributed by atoms with Gasteiger partial charge in [0, 0.05) is 111 Å². The maximum atomic E-state index is 2.82. The third kappa shape index (κ3) is 14.8. The normalized spacial score (nSPS) is 13.3. The third-order valence-corrected chi connectivity index (χ3v) is 31.3. The number of hydrogen-bond donors (Lipinski definition) is 0. The van der Waals surface area contributed by atoms with Crippen LogP contribution in [0.3, 0.4) is 0 Å². The largest absolute Gasteiger partial charge is 0.310 e. The van der Waals surface area contributed by atoms with Crippen LogP contribution in [0, 0.1) is 0 Å². The SMILES string of the molecule is CC(C)(C)c1ccc(-c2cc(-c3ccc(C(C)(C)C)cc3)c(N3c4cc(-n5c6ccccc6c6ccc7c(c8ccccc8n7-c7ccccc7)c65)ccc4B4c5ccc(-n6c7ccccc7c7ccc8c(c9ccccc9n8-c8ccccc8)c76)cc5N(c5c(-c6ccc(C(C)(C)C)cc6)cc(C(C)(C)C)cc5-c5ccc(C(C)(C)C)cc5)c5cc(C(C)(C)C)cc3c54)c(-c3ccc(C(C)(C)C)cc3)c2)cc1. The molecule has 4 aromatic heterocycles. The Morgan fingerprint density at radius 2 is 0.462 bits per heavy atom. The lowest BCUT2D eigenvalue weighted by Gasteiger charge is -2.46. The zero-order valence-electron chi connectivity index (χ0n) is 86.6. The molecule has 0 spiro atoms. The number of benzene rings is 18. The summed E-state index contributed by atoms with van der Waals surface area (Å²) in [5, 5.41) is 9.61. The van der Waals surface area contributed by atoms with Gasteiger partial charge >= 0.3 is 0 Å². The summed E-state index contributed by atoms with van der Waals surface area (Å²) in [4.78, 5) is 5.63. The van der Waals surface area contributed by atoms with Gasteiger partial charge in [-0.25, -0.2) is 0 Å². The molecule has 2 aliphatic heterocycles. The van der Waals surface area contributed by atoms with Crippen LogP contribution in [0.4, 0.5) is 34.1 Å². The van der Waals surface area contributed by atoms with Crippen molar-refractivity contribution in [1.82, 2.24) is 18.3 Å². The second-order valence-corrected chi connectivity index (χ2v) is 47.8. The molecule has 0 unspecified atom stereocenters. The van der Waals surface area contributed by atoms with Gasteiger partial charge in [-0.3, -0.25) is 0 Å². The van der Waals surface area contributed by atoms with E-state index in [-0.39, 0.29) is 39.2 Å². The van der Waals surface area contributed by atoms with E-state index >= 15 is 0 Å². The van der Waals surface area contributed by atoms with Crippen molar-refractivity contribution in [3.8, 4) is 78.4 Å². The van der Waals surface area contributed by atoms with E-state index in [4.69, 9.17) is 0 Å². The predicted octanol–water partition coefficient (Wildman–Crippen LogP) is 35.6. The van der Waals surface area contributed by atoms with Gasteiger partial charge in [0.25, 0.3) is 6.71 Å². The molecule has 2 aliphatic rings. The van der Waals surface area contributed by atoms with Gasteiger partial charge in [0.05, 0.1) is 55.5 Å². The molecule has 0 N–H and O–H groups in total. The fourth-order valence-corrected chi connectivity index (χ4v) is 23.4. The van der Waals surface area contributed by atoms with Crippen LogP contribution in [0.1, 0.15) is 184 Å². The Morgan fingerprint density at radius 1 is 0.182 bits per heavy atom. The molecule has 7 heteroatoms. The van der Waals surface area contributed by atoms with E-state index in [0.29, 0.717) is 0 Å². The Bertz CT molecular complexity index is 8760. The highest BCUT2D eigenvalue weighted by atomic mass is 15.2. The summed E-state index contributed by atoms with van der Waals surface area (Å²) >= 11 is 0. The van der Waals surface area contributed by atoms with Crippen LogP contribution in [-0.2, 0) is 37.9 Å². The van der Waals surface area contributed by atoms with Gasteiger partial charge in [-0.15, -0.1) is 0 Å². The molecule has 18 aromatic carbocycles. The predicted molar refractivity (Wildman–Crippen MR) is 616 cm³/mol. The molecule has 0 saturated heterocycles. The summed E-state index contributed by atoms with van der Waals surface area (Å²) in [6.07, 6.45) is 0. The second-order valence-electron chi connectivity index (χ2n) is 47.8. The van der Waals surface area contributed by atoms with Crippen LogP contribution in [0.25, 0.3) is 166 Å². The van der Waals surface area contributed by atoms with Gasteiger partial charge < -0.3 is 28.1 Å². The number of nitrogens with zero attached hydrogens (tertiary/aromatic N) is 6. The molecular formula is C136H125BN6. The molecule has 6 nitrogen and oxygen atoms in total. The summed E-state index contributed by atoms with van der Waals surface area (Å²) < 4.78 is 10.2. The molecule has 0 radical (unpaired) electrons. The summed E-state index contributed by atoms with van der Waals surface area (Å²) in [6, 6.07) is 147. The van der Waals surface area contributed by atoms with E-state index in [1.165, 1.54) is 109 Å². The minimum absolute atomic E-state index is 0.0631. The quantitative estimate of drug-likeness (QED) is 0.121. The molecule has 0 aliphatic carbocycles. The lowest BCUT2D eigenvalue weighted by Crippen LogP contribution is -2.61. The Labute approximate surface area is 843 Å². The average molecular weight is 1850 g/mol. The molecule has 0 saturated carbocycles. The first-order valence-corrected chi connectivity index (χ1v) is 51.4. The molecule has 0 amide bonds. The Kier molecular flexibility index (Phi) is 20.7. The van der Waals surface area contributed by atoms with E-state index in [2.05, 4.69) is 550 Å². The van der Waals surface area contributed by atoms with E-state index in [9.17, 15) is 0 Å². The standard InChI is InChI=1S/C136H125BN6/c1-130(2,3)90-58-48-84(49-59-90)89-76-107(85-50-60-91(61-51-85)131(4,5)6)126(108(77-89)86-52-62-92(63-53-86)132(7,8)9)142-119-82-99(140-113-44-32-28-40-101(113)103-70-74-117-123(128(103)140)105-42-30-34-46-115(105)138(117)97-36-24-22-25-37-97)68-72-111(119)137-112-73-69-100(141-114-45-33-29-41-102(114)104-71-75-118-124(129(104)141)106-43-31-35-47-116(106)139(118)98-38-26-23-27-39-98)83-120(112)143(122-81-96(136(19,20)21)80-121(142)125(122)137)127-109(87-54-64-93(65-55-87)133(10,11)12)78-95(135(16,17)18)79-110(127)88-56-66-94(67-57-88)134(13,14)15/h22-83H,1-21H3. The van der Waals surface area contributed by atoms with Crippen molar-refractivity contribution in [2.75, 3.05) is 9.80 Å². The monoisotopic (exact) mass is 1850 g/mol. The first kappa shape index (κ1) is 90.4. The van der Waals surface area contributed by atoms with Gasteiger partial charge in [-0.2, -0.15) is 0 Å². The molecule has 0 fully saturated rings. The zero-order valence-corrected chi connectivity index (χ0v) is 86.6. The minimum atomic E-state index is -0.448. The van der Waals surface area contributed by atoms with Gasteiger partial charge in [0.1, 0.15) is 0 Å². The van der Waals surface area contributed by atoms with Crippen molar-refractivity contribution >= 4 is 144 Å². The third-order valence-electron chi connectivity index (χ3n) is 31.3. The number of hydrogen-bond acceptors (Lipinski definition) is 2. The van der Waals surface area contributed by atoms with Gasteiger partial charge in [-0.1, -0.05) is 400 Å². The first-order chi connectivity index (χ1) is 68.4. The molecular weight excluding hydrogens is 1730 g/mol. The smallest absolute Gasteiger partial charge is 0.252 e. The van der Waals surface area contributed by atoms with Crippen LogP contribution in [0.5, 0.6) is 0 Å². The molecule has 6 heterocycles. The van der Waals surface area contributed by atoms with Crippen molar-refractivity contribution in [3.05, 3.63) is 415 Å². The van der Waals surface area contributed by atoms with Crippen molar-refractivity contribution in [2.45, 2.75) is 183 Å². The van der Waals surface area contributed by atoms with E-state index < -0.39 is 5.41 Å². The van der Waals surface area contributed by atoms with Crippen molar-refractivity contribution in [2.24, 2.45) is 0 Å². The molecule has 0 bridgehead atoms. The fraction of sp³-hybridized carbons (Fsp3) is 0.206. The van der Waals surface area contributed by atoms with E-state index in [1.807, 2.05) is 0 Å². The van der Waals surface area contributed by atoms with Crippen LogP contribution in [0.15, 0.2) is 376 Å². The Morgan fingerprint density at radius 3 is 0.783 bits per heavy atom. The topological polar surface area (TPSA) is 26.2 Å². The lowest BCUT2D eigenvalue weighted by molar-refractivity contribution is 0.589. The maximum Gasteiger partial charge on any atom is 0.252 e. The van der Waals surface area contributed by atoms with Crippen LogP contribution in [0.2, 0.25) is 0 Å². The number of rotatable bonds is 11. The number of anilines is 6. The molecule has 143 heavy (non-hydrogen) atoms. The minimum Gasteiger partial charge on any atom is -0.310 e. The highest BCUT2D eigenvalue weighted by molar-refractivity contribution is 7.00. The van der Waals surface area contributed by atoms with E-state index in [0.717, 1.165) is 146 Å². The van der Waals surface area contributed by atoms with Crippen LogP contribution < -0.4 is 26.2 Å². The van der Waals surface area contributed by atoms with Crippen LogP contribution >= 0.6 is 0 Å². The Hall–Kier alpha value is -15.2. The summed E-state index contributed by atoms with van der Waals surface area (Å²) in [6.45, 7) is 49.2. The van der Waals surface area contributed by atoms with Crippen molar-refractivity contribution in [3.63, 3.8) is 0 Å². The van der Waals surface area contributed by atoms with Gasteiger partial charge in [-0.05, 0) is 248 Å². The molecule has 0 atom stereocenters. The van der Waals surface area contributed by atoms with Gasteiger partial charge in [0.2, 0.25) is 0 Å². The first-order valence-electron chi connectivity index (χ1n) is 51.4. The molecule has 702 valence electrons. The molecule has 22 aromatic rings. The van der Waals surface area contributed by atoms with Crippen molar-refractivity contribution in [1.29, 1.82) is 0 Å². The number of fused-ring (bicyclic) bond motifs is 18. The fourth-order valence-electron chi connectivity index (χ4n) is 23.4. The van der Waals surface area contributed by atoms with Gasteiger partial charge in [0.15, 0.2) is 0 Å². The number of para-hydroxylation sites is 6. The molecule has 24 rings (SSSR count). The average Bonchev–Trinajstić information content (AvgIpc) is 1.36. The summed E-state index contributed by atoms with van der Waals surface area (Å²) in [7, 11) is 0. The van der Waals surface area contributed by atoms with Crippen molar-refractivity contribution < 1.29 is 0 Å². The summed E-state index contributed by atoms with van der Waals surface area (Å²) in [5.74, 6) is 0. The van der Waals surface area contributed by atoms with Crippen LogP contribution in [-0.4, -0.2) is 25.0 Å². The second kappa shape index (κ2) is 32.7. The highest BCUT2D eigenvalue weighted by Crippen LogP contribution is 2.58. The maximum absolute atomic E-state index is 2.82. The Balaban J connectivity index is 0.894. The highest BCUT2D eigenvalue weighted by Gasteiger charge is 2.48. The summed E-state index contributed by atoms with van der Waals surface area (Å²) in [5.41, 5.74) is 42.9. The van der Waals surface area contributed by atoms with E-state index in [1.54, 1.807) is 0 Å².